The van der Waals surface area contributed by atoms with Crippen LogP contribution in [-0.4, -0.2) is 30.0 Å². The van der Waals surface area contributed by atoms with Crippen molar-refractivity contribution in [1.82, 2.24) is 10.5 Å². The van der Waals surface area contributed by atoms with Crippen molar-refractivity contribution in [1.29, 1.82) is 0 Å². The lowest BCUT2D eigenvalue weighted by atomic mass is 9.85. The molecule has 1 aromatic heterocycles. The van der Waals surface area contributed by atoms with Crippen molar-refractivity contribution >= 4 is 6.09 Å². The Hall–Kier alpha value is -2.50. The summed E-state index contributed by atoms with van der Waals surface area (Å²) < 4.78 is 16.5. The summed E-state index contributed by atoms with van der Waals surface area (Å²) in [6, 6.07) is 9.81. The Balaban J connectivity index is 2.04. The Labute approximate surface area is 154 Å². The van der Waals surface area contributed by atoms with Crippen LogP contribution in [0.1, 0.15) is 47.1 Å². The lowest BCUT2D eigenvalue weighted by Gasteiger charge is -2.20. The molecule has 0 saturated carbocycles. The van der Waals surface area contributed by atoms with Crippen LogP contribution < -0.4 is 10.1 Å². The van der Waals surface area contributed by atoms with Crippen molar-refractivity contribution in [2.45, 2.75) is 52.6 Å². The van der Waals surface area contributed by atoms with Gasteiger partial charge >= 0.3 is 6.09 Å². The maximum atomic E-state index is 11.7. The number of alkyl carbamates (subject to hydrolysis) is 1. The molecule has 1 aromatic carbocycles. The SMILES string of the molecule is CC(C)(C)OC(=O)NCCOc1noc(-c2ccccc2)c1C(C)(C)C. The Morgan fingerprint density at radius 1 is 1.12 bits per heavy atom. The van der Waals surface area contributed by atoms with Gasteiger partial charge < -0.3 is 19.3 Å². The Morgan fingerprint density at radius 3 is 2.35 bits per heavy atom. The molecule has 0 fully saturated rings. The second-order valence-corrected chi connectivity index (χ2v) is 8.09. The Kier molecular flexibility index (Phi) is 5.95. The van der Waals surface area contributed by atoms with Gasteiger partial charge in [-0.1, -0.05) is 51.1 Å². The molecule has 2 rings (SSSR count). The average Bonchev–Trinajstić information content (AvgIpc) is 2.95. The fourth-order valence-corrected chi connectivity index (χ4v) is 2.44. The van der Waals surface area contributed by atoms with Gasteiger partial charge in [-0.3, -0.25) is 0 Å². The minimum atomic E-state index is -0.527. The van der Waals surface area contributed by atoms with E-state index in [0.29, 0.717) is 18.2 Å². The largest absolute Gasteiger partial charge is 0.473 e. The van der Waals surface area contributed by atoms with Gasteiger partial charge in [-0.05, 0) is 31.3 Å². The van der Waals surface area contributed by atoms with E-state index < -0.39 is 11.7 Å². The summed E-state index contributed by atoms with van der Waals surface area (Å²) in [6.45, 7) is 12.3. The van der Waals surface area contributed by atoms with Gasteiger partial charge in [0.2, 0.25) is 0 Å². The summed E-state index contributed by atoms with van der Waals surface area (Å²) in [5.41, 5.74) is 1.12. The molecular formula is C20H28N2O4. The predicted molar refractivity (Wildman–Crippen MR) is 100 cm³/mol. The predicted octanol–water partition coefficient (Wildman–Crippen LogP) is 4.54. The smallest absolute Gasteiger partial charge is 0.407 e. The van der Waals surface area contributed by atoms with Crippen molar-refractivity contribution < 1.29 is 18.8 Å². The number of carbonyl (C=O) groups is 1. The molecule has 6 nitrogen and oxygen atoms in total. The molecule has 142 valence electrons. The van der Waals surface area contributed by atoms with Crippen molar-refractivity contribution in [3.8, 4) is 17.2 Å². The highest BCUT2D eigenvalue weighted by Gasteiger charge is 2.29. The van der Waals surface area contributed by atoms with E-state index in [4.69, 9.17) is 14.0 Å². The van der Waals surface area contributed by atoms with Gasteiger partial charge in [0.25, 0.3) is 5.88 Å². The summed E-state index contributed by atoms with van der Waals surface area (Å²) in [6.07, 6.45) is -0.470. The van der Waals surface area contributed by atoms with Gasteiger partial charge in [-0.25, -0.2) is 4.79 Å². The third-order valence-electron chi connectivity index (χ3n) is 3.46. The highest BCUT2D eigenvalue weighted by Crippen LogP contribution is 2.39. The molecule has 0 aliphatic rings. The number of nitrogens with zero attached hydrogens (tertiary/aromatic N) is 1. The minimum absolute atomic E-state index is 0.209. The fourth-order valence-electron chi connectivity index (χ4n) is 2.44. The molecule has 26 heavy (non-hydrogen) atoms. The van der Waals surface area contributed by atoms with Gasteiger partial charge in [0.1, 0.15) is 12.2 Å². The molecule has 1 amide bonds. The minimum Gasteiger partial charge on any atom is -0.473 e. The standard InChI is InChI=1S/C20H28N2O4/c1-19(2,3)15-16(14-10-8-7-9-11-14)26-22-17(15)24-13-12-21-18(23)25-20(4,5)6/h7-11H,12-13H2,1-6H3,(H,21,23). The fraction of sp³-hybridized carbons (Fsp3) is 0.500. The molecule has 6 heteroatoms. The van der Waals surface area contributed by atoms with Gasteiger partial charge in [-0.2, -0.15) is 0 Å². The number of benzene rings is 1. The molecule has 1 N–H and O–H groups in total. The van der Waals surface area contributed by atoms with Crippen molar-refractivity contribution in [2.75, 3.05) is 13.2 Å². The van der Waals surface area contributed by atoms with Gasteiger partial charge in [0, 0.05) is 5.56 Å². The molecular weight excluding hydrogens is 332 g/mol. The zero-order chi connectivity index (χ0) is 19.4. The summed E-state index contributed by atoms with van der Waals surface area (Å²) >= 11 is 0. The molecule has 0 atom stereocenters. The second kappa shape index (κ2) is 7.81. The molecule has 0 bridgehead atoms. The number of carbonyl (C=O) groups excluding carboxylic acids is 1. The molecule has 1 heterocycles. The average molecular weight is 360 g/mol. The molecule has 0 saturated heterocycles. The summed E-state index contributed by atoms with van der Waals surface area (Å²) in [4.78, 5) is 11.7. The first kappa shape index (κ1) is 19.8. The number of ether oxygens (including phenoxy) is 2. The van der Waals surface area contributed by atoms with Crippen LogP contribution in [0.4, 0.5) is 4.79 Å². The maximum absolute atomic E-state index is 11.7. The van der Waals surface area contributed by atoms with Crippen LogP contribution in [0.2, 0.25) is 0 Å². The van der Waals surface area contributed by atoms with E-state index in [-0.39, 0.29) is 12.0 Å². The van der Waals surface area contributed by atoms with Crippen LogP contribution in [0, 0.1) is 0 Å². The van der Waals surface area contributed by atoms with Gasteiger partial charge in [0.15, 0.2) is 5.76 Å². The first-order valence-electron chi connectivity index (χ1n) is 8.73. The van der Waals surface area contributed by atoms with E-state index in [0.717, 1.165) is 11.1 Å². The van der Waals surface area contributed by atoms with Crippen LogP contribution >= 0.6 is 0 Å². The molecule has 0 aliphatic carbocycles. The quantitative estimate of drug-likeness (QED) is 0.792. The third-order valence-corrected chi connectivity index (χ3v) is 3.46. The van der Waals surface area contributed by atoms with E-state index in [1.165, 1.54) is 0 Å². The first-order valence-corrected chi connectivity index (χ1v) is 8.73. The van der Waals surface area contributed by atoms with Crippen LogP contribution in [0.5, 0.6) is 5.88 Å². The number of amides is 1. The molecule has 0 unspecified atom stereocenters. The molecule has 2 aromatic rings. The summed E-state index contributed by atoms with van der Waals surface area (Å²) in [7, 11) is 0. The zero-order valence-corrected chi connectivity index (χ0v) is 16.4. The van der Waals surface area contributed by atoms with Crippen molar-refractivity contribution in [3.63, 3.8) is 0 Å². The number of hydrogen-bond acceptors (Lipinski definition) is 5. The topological polar surface area (TPSA) is 73.6 Å². The number of aromatic nitrogens is 1. The third kappa shape index (κ3) is 5.51. The molecule has 0 spiro atoms. The van der Waals surface area contributed by atoms with E-state index >= 15 is 0 Å². The monoisotopic (exact) mass is 360 g/mol. The van der Waals surface area contributed by atoms with Crippen LogP contribution in [0.25, 0.3) is 11.3 Å². The van der Waals surface area contributed by atoms with Crippen molar-refractivity contribution in [3.05, 3.63) is 35.9 Å². The molecule has 0 aliphatic heterocycles. The first-order chi connectivity index (χ1) is 12.1. The Morgan fingerprint density at radius 2 is 1.77 bits per heavy atom. The van der Waals surface area contributed by atoms with Crippen molar-refractivity contribution in [2.24, 2.45) is 0 Å². The number of rotatable bonds is 5. The van der Waals surface area contributed by atoms with Crippen LogP contribution in [0.3, 0.4) is 0 Å². The summed E-state index contributed by atoms with van der Waals surface area (Å²) in [5, 5.41) is 6.76. The number of nitrogens with one attached hydrogen (secondary N) is 1. The lowest BCUT2D eigenvalue weighted by Crippen LogP contribution is -2.34. The number of hydrogen-bond donors (Lipinski definition) is 1. The normalized spacial score (nSPS) is 11.9. The van der Waals surface area contributed by atoms with E-state index in [2.05, 4.69) is 31.2 Å². The highest BCUT2D eigenvalue weighted by atomic mass is 16.6. The van der Waals surface area contributed by atoms with E-state index in [9.17, 15) is 4.79 Å². The van der Waals surface area contributed by atoms with Gasteiger partial charge in [-0.15, -0.1) is 0 Å². The lowest BCUT2D eigenvalue weighted by molar-refractivity contribution is 0.0519. The maximum Gasteiger partial charge on any atom is 0.407 e. The zero-order valence-electron chi connectivity index (χ0n) is 16.4. The molecule has 0 radical (unpaired) electrons. The van der Waals surface area contributed by atoms with Crippen LogP contribution in [-0.2, 0) is 10.2 Å². The van der Waals surface area contributed by atoms with Gasteiger partial charge in [0.05, 0.1) is 12.1 Å². The van der Waals surface area contributed by atoms with E-state index in [1.807, 2.05) is 51.1 Å². The second-order valence-electron chi connectivity index (χ2n) is 8.09. The Bertz CT molecular complexity index is 725. The van der Waals surface area contributed by atoms with Crippen LogP contribution in [0.15, 0.2) is 34.9 Å². The summed E-state index contributed by atoms with van der Waals surface area (Å²) in [5.74, 6) is 1.15. The highest BCUT2D eigenvalue weighted by molar-refractivity contribution is 5.67. The van der Waals surface area contributed by atoms with E-state index in [1.54, 1.807) is 0 Å².